The molecule has 0 atom stereocenters. The minimum Gasteiger partial charge on any atom is -0.364 e. The van der Waals surface area contributed by atoms with Gasteiger partial charge >= 0.3 is 0 Å². The Morgan fingerprint density at radius 3 is 2.90 bits per heavy atom. The van der Waals surface area contributed by atoms with Crippen LogP contribution in [-0.2, 0) is 6.54 Å². The first-order valence-corrected chi connectivity index (χ1v) is 7.85. The van der Waals surface area contributed by atoms with E-state index >= 15 is 0 Å². The zero-order chi connectivity index (χ0) is 13.9. The molecule has 1 aliphatic carbocycles. The van der Waals surface area contributed by atoms with Gasteiger partial charge in [0.2, 0.25) is 0 Å². The molecule has 1 N–H and O–H groups in total. The first-order valence-electron chi connectivity index (χ1n) is 7.47. The van der Waals surface area contributed by atoms with E-state index < -0.39 is 0 Å². The summed E-state index contributed by atoms with van der Waals surface area (Å²) >= 11 is 6.23. The van der Waals surface area contributed by atoms with Crippen LogP contribution >= 0.6 is 11.6 Å². The summed E-state index contributed by atoms with van der Waals surface area (Å²) in [6, 6.07) is 0. The van der Waals surface area contributed by atoms with Gasteiger partial charge < -0.3 is 10.2 Å². The van der Waals surface area contributed by atoms with Gasteiger partial charge in [-0.1, -0.05) is 18.0 Å². The van der Waals surface area contributed by atoms with Gasteiger partial charge in [0.15, 0.2) is 0 Å². The standard InChI is InChI=1S/C14H21ClN4O/c15-12-9-17-19(10-11-3-1-4-11)14(20)13(12)18-7-2-5-16-6-8-18/h9,11,16H,1-8,10H2. The second-order valence-electron chi connectivity index (χ2n) is 5.72. The van der Waals surface area contributed by atoms with Crippen molar-refractivity contribution in [3.8, 4) is 0 Å². The van der Waals surface area contributed by atoms with Crippen LogP contribution in [0.4, 0.5) is 5.69 Å². The van der Waals surface area contributed by atoms with Gasteiger partial charge in [-0.3, -0.25) is 4.79 Å². The van der Waals surface area contributed by atoms with Crippen molar-refractivity contribution in [3.63, 3.8) is 0 Å². The van der Waals surface area contributed by atoms with Gasteiger partial charge in [-0.15, -0.1) is 0 Å². The Hall–Kier alpha value is -1.07. The van der Waals surface area contributed by atoms with E-state index in [9.17, 15) is 4.79 Å². The van der Waals surface area contributed by atoms with E-state index in [4.69, 9.17) is 11.6 Å². The van der Waals surface area contributed by atoms with Crippen LogP contribution in [0.3, 0.4) is 0 Å². The fourth-order valence-electron chi connectivity index (χ4n) is 2.86. The fraction of sp³-hybridized carbons (Fsp3) is 0.714. The van der Waals surface area contributed by atoms with Gasteiger partial charge in [0.05, 0.1) is 11.2 Å². The van der Waals surface area contributed by atoms with Crippen molar-refractivity contribution >= 4 is 17.3 Å². The minimum absolute atomic E-state index is 0.0358. The predicted octanol–water partition coefficient (Wildman–Crippen LogP) is 1.50. The molecule has 20 heavy (non-hydrogen) atoms. The quantitative estimate of drug-likeness (QED) is 0.918. The molecule has 1 aliphatic heterocycles. The molecule has 1 saturated carbocycles. The number of hydrogen-bond donors (Lipinski definition) is 1. The number of halogens is 1. The van der Waals surface area contributed by atoms with Gasteiger partial charge in [0, 0.05) is 26.2 Å². The molecular weight excluding hydrogens is 276 g/mol. The van der Waals surface area contributed by atoms with Crippen molar-refractivity contribution < 1.29 is 0 Å². The second kappa shape index (κ2) is 6.14. The highest BCUT2D eigenvalue weighted by molar-refractivity contribution is 6.33. The number of nitrogens with one attached hydrogen (secondary N) is 1. The van der Waals surface area contributed by atoms with Crippen molar-refractivity contribution in [1.29, 1.82) is 0 Å². The normalized spacial score (nSPS) is 20.6. The first kappa shape index (κ1) is 13.9. The van der Waals surface area contributed by atoms with Gasteiger partial charge in [-0.25, -0.2) is 4.68 Å². The molecule has 2 fully saturated rings. The maximum absolute atomic E-state index is 12.6. The van der Waals surface area contributed by atoms with Crippen LogP contribution in [0.15, 0.2) is 11.0 Å². The van der Waals surface area contributed by atoms with Crippen LogP contribution in [0.5, 0.6) is 0 Å². The van der Waals surface area contributed by atoms with E-state index in [0.717, 1.165) is 39.1 Å². The monoisotopic (exact) mass is 296 g/mol. The van der Waals surface area contributed by atoms with Crippen LogP contribution in [0.1, 0.15) is 25.7 Å². The molecule has 6 heteroatoms. The average molecular weight is 297 g/mol. The molecule has 0 amide bonds. The minimum atomic E-state index is -0.0358. The summed E-state index contributed by atoms with van der Waals surface area (Å²) in [5.41, 5.74) is 0.594. The molecule has 0 aromatic carbocycles. The van der Waals surface area contributed by atoms with E-state index in [0.29, 0.717) is 16.6 Å². The highest BCUT2D eigenvalue weighted by atomic mass is 35.5. The Kier molecular flexibility index (Phi) is 4.27. The van der Waals surface area contributed by atoms with Crippen LogP contribution in [0, 0.1) is 5.92 Å². The molecule has 0 bridgehead atoms. The van der Waals surface area contributed by atoms with E-state index in [-0.39, 0.29) is 5.56 Å². The Bertz CT molecular complexity index is 518. The number of aromatic nitrogens is 2. The van der Waals surface area contributed by atoms with E-state index in [1.807, 2.05) is 0 Å². The molecular formula is C14H21ClN4O. The van der Waals surface area contributed by atoms with Crippen LogP contribution in [-0.4, -0.2) is 36.0 Å². The number of nitrogens with zero attached hydrogens (tertiary/aromatic N) is 3. The first-order chi connectivity index (χ1) is 9.75. The van der Waals surface area contributed by atoms with Gasteiger partial charge in [-0.05, 0) is 31.7 Å². The number of hydrogen-bond acceptors (Lipinski definition) is 4. The Balaban J connectivity index is 1.87. The smallest absolute Gasteiger partial charge is 0.291 e. The Labute approximate surface area is 123 Å². The largest absolute Gasteiger partial charge is 0.364 e. The Morgan fingerprint density at radius 2 is 2.15 bits per heavy atom. The molecule has 0 spiro atoms. The molecule has 1 saturated heterocycles. The summed E-state index contributed by atoms with van der Waals surface area (Å²) < 4.78 is 1.60. The topological polar surface area (TPSA) is 50.2 Å². The molecule has 2 aliphatic rings. The third kappa shape index (κ3) is 2.83. The van der Waals surface area contributed by atoms with Crippen molar-refractivity contribution in [2.75, 3.05) is 31.1 Å². The molecule has 5 nitrogen and oxygen atoms in total. The fourth-order valence-corrected chi connectivity index (χ4v) is 3.11. The summed E-state index contributed by atoms with van der Waals surface area (Å²) in [5.74, 6) is 0.611. The molecule has 1 aromatic heterocycles. The molecule has 1 aromatic rings. The van der Waals surface area contributed by atoms with Crippen molar-refractivity contribution in [2.45, 2.75) is 32.2 Å². The summed E-state index contributed by atoms with van der Waals surface area (Å²) in [4.78, 5) is 14.7. The van der Waals surface area contributed by atoms with Crippen LogP contribution in [0.2, 0.25) is 5.02 Å². The SMILES string of the molecule is O=c1c(N2CCCNCC2)c(Cl)cnn1CC1CCC1. The molecule has 110 valence electrons. The average Bonchev–Trinajstić information content (AvgIpc) is 2.65. The van der Waals surface area contributed by atoms with Gasteiger partial charge in [0.25, 0.3) is 5.56 Å². The highest BCUT2D eigenvalue weighted by Crippen LogP contribution is 2.28. The van der Waals surface area contributed by atoms with Gasteiger partial charge in [-0.2, -0.15) is 5.10 Å². The maximum atomic E-state index is 12.6. The van der Waals surface area contributed by atoms with E-state index in [2.05, 4.69) is 15.3 Å². The van der Waals surface area contributed by atoms with E-state index in [1.165, 1.54) is 19.3 Å². The Morgan fingerprint density at radius 1 is 1.30 bits per heavy atom. The lowest BCUT2D eigenvalue weighted by molar-refractivity contribution is 0.262. The number of anilines is 1. The van der Waals surface area contributed by atoms with Crippen LogP contribution < -0.4 is 15.8 Å². The number of rotatable bonds is 3. The zero-order valence-corrected chi connectivity index (χ0v) is 12.4. The van der Waals surface area contributed by atoms with Crippen molar-refractivity contribution in [3.05, 3.63) is 21.6 Å². The summed E-state index contributed by atoms with van der Waals surface area (Å²) in [6.45, 7) is 4.31. The highest BCUT2D eigenvalue weighted by Gasteiger charge is 2.22. The van der Waals surface area contributed by atoms with Crippen molar-refractivity contribution in [1.82, 2.24) is 15.1 Å². The van der Waals surface area contributed by atoms with Gasteiger partial charge in [0.1, 0.15) is 5.69 Å². The molecule has 3 rings (SSSR count). The summed E-state index contributed by atoms with van der Waals surface area (Å²) in [5, 5.41) is 8.02. The second-order valence-corrected chi connectivity index (χ2v) is 6.12. The third-order valence-corrected chi connectivity index (χ3v) is 4.56. The van der Waals surface area contributed by atoms with Crippen LogP contribution in [0.25, 0.3) is 0 Å². The lowest BCUT2D eigenvalue weighted by Gasteiger charge is -2.27. The lowest BCUT2D eigenvalue weighted by atomic mass is 9.85. The lowest BCUT2D eigenvalue weighted by Crippen LogP contribution is -2.37. The zero-order valence-electron chi connectivity index (χ0n) is 11.6. The predicted molar refractivity (Wildman–Crippen MR) is 80.5 cm³/mol. The molecule has 0 unspecified atom stereocenters. The third-order valence-electron chi connectivity index (χ3n) is 4.29. The molecule has 0 radical (unpaired) electrons. The van der Waals surface area contributed by atoms with Crippen molar-refractivity contribution in [2.24, 2.45) is 5.92 Å². The summed E-state index contributed by atoms with van der Waals surface area (Å²) in [6.07, 6.45) is 6.34. The summed E-state index contributed by atoms with van der Waals surface area (Å²) in [7, 11) is 0. The molecule has 2 heterocycles. The van der Waals surface area contributed by atoms with E-state index in [1.54, 1.807) is 10.9 Å². The maximum Gasteiger partial charge on any atom is 0.291 e.